The van der Waals surface area contributed by atoms with E-state index in [1.54, 1.807) is 13.2 Å². The van der Waals surface area contributed by atoms with Gasteiger partial charge in [-0.25, -0.2) is 0 Å². The van der Waals surface area contributed by atoms with Gasteiger partial charge in [-0.1, -0.05) is 19.1 Å². The van der Waals surface area contributed by atoms with Crippen LogP contribution in [0.1, 0.15) is 31.2 Å². The highest BCUT2D eigenvalue weighted by molar-refractivity contribution is 5.47. The van der Waals surface area contributed by atoms with Gasteiger partial charge in [0.05, 0.1) is 7.11 Å². The summed E-state index contributed by atoms with van der Waals surface area (Å²) in [5.41, 5.74) is 1.02. The van der Waals surface area contributed by atoms with E-state index >= 15 is 0 Å². The summed E-state index contributed by atoms with van der Waals surface area (Å²) < 4.78 is 5.09. The smallest absolute Gasteiger partial charge is 0.161 e. The van der Waals surface area contributed by atoms with Crippen molar-refractivity contribution in [2.24, 2.45) is 5.92 Å². The van der Waals surface area contributed by atoms with Crippen molar-refractivity contribution < 1.29 is 9.84 Å². The molecule has 1 atom stereocenters. The molecule has 0 saturated heterocycles. The van der Waals surface area contributed by atoms with E-state index in [4.69, 9.17) is 4.74 Å². The van der Waals surface area contributed by atoms with Crippen LogP contribution in [-0.4, -0.2) is 12.2 Å². The van der Waals surface area contributed by atoms with E-state index in [1.165, 1.54) is 12.8 Å². The molecule has 2 nitrogen and oxygen atoms in total. The second kappa shape index (κ2) is 3.52. The Kier molecular flexibility index (Phi) is 2.36. The highest BCUT2D eigenvalue weighted by atomic mass is 16.5. The van der Waals surface area contributed by atoms with Crippen molar-refractivity contribution >= 4 is 0 Å². The first-order valence-electron chi connectivity index (χ1n) is 5.10. The van der Waals surface area contributed by atoms with Crippen LogP contribution in [0.15, 0.2) is 18.2 Å². The molecule has 1 fully saturated rings. The molecule has 0 radical (unpaired) electrons. The highest BCUT2D eigenvalue weighted by Crippen LogP contribution is 2.46. The van der Waals surface area contributed by atoms with Crippen molar-refractivity contribution in [2.75, 3.05) is 7.11 Å². The van der Waals surface area contributed by atoms with Crippen LogP contribution in [-0.2, 0) is 0 Å². The monoisotopic (exact) mass is 192 g/mol. The number of hydrogen-bond acceptors (Lipinski definition) is 2. The molecule has 0 aliphatic heterocycles. The summed E-state index contributed by atoms with van der Waals surface area (Å²) in [6.45, 7) is 2.17. The van der Waals surface area contributed by atoms with Gasteiger partial charge in [0.2, 0.25) is 0 Å². The molecular weight excluding hydrogens is 176 g/mol. The standard InChI is InChI=1S/C12H16O2/c1-8(9-6-7-9)10-4-3-5-11(14-2)12(10)13/h3-5,8-9,13H,6-7H2,1-2H3/t8-/m0/s1. The number of phenols is 1. The number of ether oxygens (including phenoxy) is 1. The highest BCUT2D eigenvalue weighted by Gasteiger charge is 2.30. The molecule has 1 aromatic carbocycles. The van der Waals surface area contributed by atoms with E-state index in [-0.39, 0.29) is 0 Å². The first-order chi connectivity index (χ1) is 6.74. The molecule has 0 bridgehead atoms. The van der Waals surface area contributed by atoms with Gasteiger partial charge >= 0.3 is 0 Å². The minimum Gasteiger partial charge on any atom is -0.504 e. The molecule has 14 heavy (non-hydrogen) atoms. The molecular formula is C12H16O2. The maximum atomic E-state index is 9.91. The van der Waals surface area contributed by atoms with E-state index in [0.717, 1.165) is 11.5 Å². The molecule has 0 unspecified atom stereocenters. The van der Waals surface area contributed by atoms with Crippen molar-refractivity contribution in [2.45, 2.75) is 25.7 Å². The number of methoxy groups -OCH3 is 1. The van der Waals surface area contributed by atoms with Crippen LogP contribution >= 0.6 is 0 Å². The fraction of sp³-hybridized carbons (Fsp3) is 0.500. The topological polar surface area (TPSA) is 29.5 Å². The fourth-order valence-corrected chi connectivity index (χ4v) is 1.92. The number of aromatic hydroxyl groups is 1. The van der Waals surface area contributed by atoms with E-state index in [2.05, 4.69) is 6.92 Å². The molecule has 0 heterocycles. The van der Waals surface area contributed by atoms with Crippen LogP contribution in [0.25, 0.3) is 0 Å². The van der Waals surface area contributed by atoms with Gasteiger partial charge in [-0.3, -0.25) is 0 Å². The Morgan fingerprint density at radius 1 is 1.43 bits per heavy atom. The first-order valence-corrected chi connectivity index (χ1v) is 5.10. The van der Waals surface area contributed by atoms with Crippen molar-refractivity contribution in [1.29, 1.82) is 0 Å². The molecule has 1 aromatic rings. The molecule has 0 spiro atoms. The average Bonchev–Trinajstić information content (AvgIpc) is 3.00. The molecule has 1 saturated carbocycles. The molecule has 1 aliphatic carbocycles. The van der Waals surface area contributed by atoms with Crippen LogP contribution in [0.5, 0.6) is 11.5 Å². The second-order valence-electron chi connectivity index (χ2n) is 4.02. The van der Waals surface area contributed by atoms with Gasteiger partial charge in [0, 0.05) is 5.56 Å². The Labute approximate surface area is 84.5 Å². The number of para-hydroxylation sites is 1. The van der Waals surface area contributed by atoms with Gasteiger partial charge in [0.1, 0.15) is 0 Å². The summed E-state index contributed by atoms with van der Waals surface area (Å²) in [6.07, 6.45) is 2.58. The zero-order chi connectivity index (χ0) is 10.1. The van der Waals surface area contributed by atoms with Gasteiger partial charge in [0.15, 0.2) is 11.5 Å². The summed E-state index contributed by atoms with van der Waals surface area (Å²) in [7, 11) is 1.58. The van der Waals surface area contributed by atoms with E-state index in [1.807, 2.05) is 12.1 Å². The van der Waals surface area contributed by atoms with Gasteiger partial charge in [-0.15, -0.1) is 0 Å². The molecule has 2 rings (SSSR count). The summed E-state index contributed by atoms with van der Waals surface area (Å²) in [6, 6.07) is 5.71. The summed E-state index contributed by atoms with van der Waals surface area (Å²) in [4.78, 5) is 0. The van der Waals surface area contributed by atoms with E-state index in [0.29, 0.717) is 17.4 Å². The average molecular weight is 192 g/mol. The van der Waals surface area contributed by atoms with E-state index in [9.17, 15) is 5.11 Å². The van der Waals surface area contributed by atoms with Gasteiger partial charge in [-0.05, 0) is 30.7 Å². The van der Waals surface area contributed by atoms with Gasteiger partial charge in [0.25, 0.3) is 0 Å². The Balaban J connectivity index is 2.31. The lowest BCUT2D eigenvalue weighted by atomic mass is 9.95. The number of phenolic OH excluding ortho intramolecular Hbond substituents is 1. The van der Waals surface area contributed by atoms with Crippen LogP contribution in [0.2, 0.25) is 0 Å². The van der Waals surface area contributed by atoms with Crippen molar-refractivity contribution in [3.05, 3.63) is 23.8 Å². The molecule has 2 heteroatoms. The minimum absolute atomic E-state index is 0.314. The summed E-state index contributed by atoms with van der Waals surface area (Å²) >= 11 is 0. The fourth-order valence-electron chi connectivity index (χ4n) is 1.92. The maximum Gasteiger partial charge on any atom is 0.161 e. The zero-order valence-corrected chi connectivity index (χ0v) is 8.66. The van der Waals surface area contributed by atoms with Gasteiger partial charge in [-0.2, -0.15) is 0 Å². The Hall–Kier alpha value is -1.18. The predicted octanol–water partition coefficient (Wildman–Crippen LogP) is 2.91. The normalized spacial score (nSPS) is 17.9. The Morgan fingerprint density at radius 2 is 2.14 bits per heavy atom. The lowest BCUT2D eigenvalue weighted by Gasteiger charge is -2.14. The summed E-state index contributed by atoms with van der Waals surface area (Å²) in [5.74, 6) is 2.10. The lowest BCUT2D eigenvalue weighted by molar-refractivity contribution is 0.368. The number of hydrogen-bond donors (Lipinski definition) is 1. The van der Waals surface area contributed by atoms with Crippen molar-refractivity contribution in [3.8, 4) is 11.5 Å². The molecule has 1 N–H and O–H groups in total. The predicted molar refractivity (Wildman–Crippen MR) is 55.8 cm³/mol. The third-order valence-corrected chi connectivity index (χ3v) is 3.07. The first kappa shape index (κ1) is 9.38. The molecule has 76 valence electrons. The van der Waals surface area contributed by atoms with Crippen LogP contribution < -0.4 is 4.74 Å². The number of benzene rings is 1. The van der Waals surface area contributed by atoms with Crippen LogP contribution in [0, 0.1) is 5.92 Å². The largest absolute Gasteiger partial charge is 0.504 e. The Bertz CT molecular complexity index is 329. The van der Waals surface area contributed by atoms with E-state index < -0.39 is 0 Å². The lowest BCUT2D eigenvalue weighted by Crippen LogP contribution is -1.97. The third-order valence-electron chi connectivity index (χ3n) is 3.07. The number of rotatable bonds is 3. The quantitative estimate of drug-likeness (QED) is 0.797. The Morgan fingerprint density at radius 3 is 2.71 bits per heavy atom. The van der Waals surface area contributed by atoms with Crippen molar-refractivity contribution in [3.63, 3.8) is 0 Å². The minimum atomic E-state index is 0.314. The molecule has 0 amide bonds. The SMILES string of the molecule is COc1cccc([C@@H](C)C2CC2)c1O. The van der Waals surface area contributed by atoms with Gasteiger partial charge < -0.3 is 9.84 Å². The molecule has 1 aliphatic rings. The van der Waals surface area contributed by atoms with Crippen LogP contribution in [0.3, 0.4) is 0 Å². The zero-order valence-electron chi connectivity index (χ0n) is 8.66. The molecule has 0 aromatic heterocycles. The maximum absolute atomic E-state index is 9.91. The van der Waals surface area contributed by atoms with Crippen LogP contribution in [0.4, 0.5) is 0 Å². The summed E-state index contributed by atoms with van der Waals surface area (Å²) in [5, 5.41) is 9.91. The second-order valence-corrected chi connectivity index (χ2v) is 4.02. The van der Waals surface area contributed by atoms with Crippen molar-refractivity contribution in [1.82, 2.24) is 0 Å². The third kappa shape index (κ3) is 1.57.